The second-order valence-electron chi connectivity index (χ2n) is 6.26. The van der Waals surface area contributed by atoms with Gasteiger partial charge in [0.05, 0.1) is 6.21 Å². The summed E-state index contributed by atoms with van der Waals surface area (Å²) in [6.07, 6.45) is 0.00111. The highest BCUT2D eigenvalue weighted by molar-refractivity contribution is 5.85. The standard InChI is InChI=1S/C22H18N2O4/c25-17-12-10-15(11-13-17)14-23-24-22(26)21-20(16-6-2-1-3-7-16)27-18-8-4-5-9-19(18)28-21/h1-14,20-21,25H,(H,24,26)/b23-14-/t20-,21+/m1/s1. The van der Waals surface area contributed by atoms with Crippen molar-refractivity contribution < 1.29 is 19.4 Å². The summed E-state index contributed by atoms with van der Waals surface area (Å²) in [7, 11) is 0. The molecule has 3 aromatic rings. The van der Waals surface area contributed by atoms with E-state index >= 15 is 0 Å². The van der Waals surface area contributed by atoms with Crippen LogP contribution in [-0.2, 0) is 4.79 Å². The molecule has 1 amide bonds. The van der Waals surface area contributed by atoms with Crippen molar-refractivity contribution in [2.45, 2.75) is 12.2 Å². The fourth-order valence-electron chi connectivity index (χ4n) is 2.91. The third-order valence-electron chi connectivity index (χ3n) is 4.30. The fourth-order valence-corrected chi connectivity index (χ4v) is 2.91. The van der Waals surface area contributed by atoms with Crippen LogP contribution < -0.4 is 14.9 Å². The maximum absolute atomic E-state index is 12.8. The summed E-state index contributed by atoms with van der Waals surface area (Å²) in [5, 5.41) is 13.3. The lowest BCUT2D eigenvalue weighted by Crippen LogP contribution is -2.44. The number of phenols is 1. The molecule has 6 nitrogen and oxygen atoms in total. The third kappa shape index (κ3) is 3.81. The highest BCUT2D eigenvalue weighted by Crippen LogP contribution is 2.39. The van der Waals surface area contributed by atoms with Gasteiger partial charge < -0.3 is 14.6 Å². The van der Waals surface area contributed by atoms with Gasteiger partial charge in [0.1, 0.15) is 5.75 Å². The largest absolute Gasteiger partial charge is 0.508 e. The number of fused-ring (bicyclic) bond motifs is 1. The van der Waals surface area contributed by atoms with Crippen LogP contribution in [0, 0.1) is 0 Å². The Labute approximate surface area is 162 Å². The SMILES string of the molecule is O=C(N/N=C\c1ccc(O)cc1)[C@H]1Oc2ccccc2O[C@@H]1c1ccccc1. The first-order chi connectivity index (χ1) is 13.7. The van der Waals surface area contributed by atoms with E-state index in [4.69, 9.17) is 9.47 Å². The van der Waals surface area contributed by atoms with Gasteiger partial charge in [-0.15, -0.1) is 0 Å². The van der Waals surface area contributed by atoms with Gasteiger partial charge in [0.2, 0.25) is 6.10 Å². The lowest BCUT2D eigenvalue weighted by atomic mass is 10.0. The van der Waals surface area contributed by atoms with Crippen LogP contribution in [0.1, 0.15) is 17.2 Å². The Morgan fingerprint density at radius 1 is 0.893 bits per heavy atom. The molecule has 0 saturated heterocycles. The van der Waals surface area contributed by atoms with Crippen molar-refractivity contribution in [3.8, 4) is 17.2 Å². The molecule has 28 heavy (non-hydrogen) atoms. The lowest BCUT2D eigenvalue weighted by Gasteiger charge is -2.32. The van der Waals surface area contributed by atoms with E-state index < -0.39 is 18.1 Å². The summed E-state index contributed by atoms with van der Waals surface area (Å²) in [5.41, 5.74) is 4.08. The van der Waals surface area contributed by atoms with Crippen molar-refractivity contribution in [1.82, 2.24) is 5.43 Å². The molecule has 1 aliphatic heterocycles. The molecule has 0 fully saturated rings. The van der Waals surface area contributed by atoms with E-state index in [1.54, 1.807) is 30.3 Å². The van der Waals surface area contributed by atoms with E-state index in [0.29, 0.717) is 11.5 Å². The Morgan fingerprint density at radius 3 is 2.25 bits per heavy atom. The highest BCUT2D eigenvalue weighted by atomic mass is 16.6. The molecule has 0 bridgehead atoms. The number of aromatic hydroxyl groups is 1. The molecule has 1 aliphatic rings. The molecular weight excluding hydrogens is 356 g/mol. The molecule has 0 radical (unpaired) electrons. The number of carbonyl (C=O) groups is 1. The van der Waals surface area contributed by atoms with Crippen LogP contribution in [0.15, 0.2) is 84.0 Å². The van der Waals surface area contributed by atoms with Gasteiger partial charge in [0.25, 0.3) is 5.91 Å². The number of amides is 1. The lowest BCUT2D eigenvalue weighted by molar-refractivity contribution is -0.134. The maximum Gasteiger partial charge on any atom is 0.285 e. The number of nitrogens with one attached hydrogen (secondary N) is 1. The molecule has 2 atom stereocenters. The van der Waals surface area contributed by atoms with Crippen molar-refractivity contribution in [1.29, 1.82) is 0 Å². The average molecular weight is 374 g/mol. The molecule has 2 N–H and O–H groups in total. The maximum atomic E-state index is 12.8. The summed E-state index contributed by atoms with van der Waals surface area (Å²) in [5.74, 6) is 0.849. The molecule has 3 aromatic carbocycles. The van der Waals surface area contributed by atoms with E-state index in [9.17, 15) is 9.90 Å². The summed E-state index contributed by atoms with van der Waals surface area (Å²) < 4.78 is 12.0. The second-order valence-corrected chi connectivity index (χ2v) is 6.26. The number of ether oxygens (including phenoxy) is 2. The zero-order valence-corrected chi connectivity index (χ0v) is 14.9. The van der Waals surface area contributed by atoms with Crippen LogP contribution in [0.2, 0.25) is 0 Å². The van der Waals surface area contributed by atoms with E-state index in [1.165, 1.54) is 6.21 Å². The van der Waals surface area contributed by atoms with Gasteiger partial charge >= 0.3 is 0 Å². The first-order valence-corrected chi connectivity index (χ1v) is 8.80. The minimum atomic E-state index is -0.894. The Morgan fingerprint density at radius 2 is 1.54 bits per heavy atom. The Bertz CT molecular complexity index is 987. The van der Waals surface area contributed by atoms with Crippen molar-refractivity contribution >= 4 is 12.1 Å². The molecule has 0 spiro atoms. The van der Waals surface area contributed by atoms with E-state index in [-0.39, 0.29) is 5.75 Å². The topological polar surface area (TPSA) is 80.2 Å². The van der Waals surface area contributed by atoms with Crippen LogP contribution >= 0.6 is 0 Å². The molecule has 0 aromatic heterocycles. The van der Waals surface area contributed by atoms with Crippen molar-refractivity contribution in [3.63, 3.8) is 0 Å². The molecule has 0 aliphatic carbocycles. The summed E-state index contributed by atoms with van der Waals surface area (Å²) in [4.78, 5) is 12.8. The summed E-state index contributed by atoms with van der Waals surface area (Å²) in [6, 6.07) is 23.2. The first kappa shape index (κ1) is 17.6. The minimum absolute atomic E-state index is 0.165. The first-order valence-electron chi connectivity index (χ1n) is 8.80. The van der Waals surface area contributed by atoms with E-state index in [2.05, 4.69) is 10.5 Å². The van der Waals surface area contributed by atoms with Crippen molar-refractivity contribution in [2.75, 3.05) is 0 Å². The van der Waals surface area contributed by atoms with Crippen LogP contribution in [0.3, 0.4) is 0 Å². The third-order valence-corrected chi connectivity index (χ3v) is 4.30. The fraction of sp³-hybridized carbons (Fsp3) is 0.0909. The number of benzene rings is 3. The van der Waals surface area contributed by atoms with Gasteiger partial charge in [0, 0.05) is 0 Å². The number of carbonyl (C=O) groups excluding carboxylic acids is 1. The molecule has 0 unspecified atom stereocenters. The van der Waals surface area contributed by atoms with Gasteiger partial charge in [-0.05, 0) is 47.5 Å². The van der Waals surface area contributed by atoms with Crippen molar-refractivity contribution in [2.24, 2.45) is 5.10 Å². The van der Waals surface area contributed by atoms with E-state index in [1.807, 2.05) is 48.5 Å². The predicted octanol–water partition coefficient (Wildman–Crippen LogP) is 3.42. The minimum Gasteiger partial charge on any atom is -0.508 e. The number of hydrazone groups is 1. The monoisotopic (exact) mass is 374 g/mol. The number of hydrogen-bond donors (Lipinski definition) is 2. The van der Waals surface area contributed by atoms with Crippen LogP contribution in [0.4, 0.5) is 0 Å². The van der Waals surface area contributed by atoms with Crippen LogP contribution in [0.25, 0.3) is 0 Å². The quantitative estimate of drug-likeness (QED) is 0.542. The average Bonchev–Trinajstić information content (AvgIpc) is 2.75. The Kier molecular flexibility index (Phi) is 4.93. The normalized spacial score (nSPS) is 18.0. The number of hydrogen-bond acceptors (Lipinski definition) is 5. The summed E-state index contributed by atoms with van der Waals surface area (Å²) in [6.45, 7) is 0. The molecule has 140 valence electrons. The molecule has 4 rings (SSSR count). The van der Waals surface area contributed by atoms with Crippen LogP contribution in [-0.4, -0.2) is 23.3 Å². The molecular formula is C22H18N2O4. The molecule has 1 heterocycles. The second kappa shape index (κ2) is 7.84. The smallest absolute Gasteiger partial charge is 0.285 e. The zero-order chi connectivity index (χ0) is 19.3. The predicted molar refractivity (Wildman–Crippen MR) is 105 cm³/mol. The zero-order valence-electron chi connectivity index (χ0n) is 14.9. The number of nitrogens with zero attached hydrogens (tertiary/aromatic N) is 1. The number of para-hydroxylation sites is 2. The molecule has 0 saturated carbocycles. The van der Waals surface area contributed by atoms with Gasteiger partial charge in [-0.3, -0.25) is 4.79 Å². The van der Waals surface area contributed by atoms with Crippen LogP contribution in [0.5, 0.6) is 17.2 Å². The highest BCUT2D eigenvalue weighted by Gasteiger charge is 2.38. The van der Waals surface area contributed by atoms with Gasteiger partial charge in [-0.25, -0.2) is 5.43 Å². The van der Waals surface area contributed by atoms with Gasteiger partial charge in [0.15, 0.2) is 17.6 Å². The summed E-state index contributed by atoms with van der Waals surface area (Å²) >= 11 is 0. The number of phenolic OH excluding ortho intramolecular Hbond substituents is 1. The van der Waals surface area contributed by atoms with Gasteiger partial charge in [-0.2, -0.15) is 5.10 Å². The van der Waals surface area contributed by atoms with Crippen molar-refractivity contribution in [3.05, 3.63) is 90.0 Å². The van der Waals surface area contributed by atoms with Gasteiger partial charge in [-0.1, -0.05) is 42.5 Å². The number of rotatable bonds is 4. The Hall–Kier alpha value is -3.80. The molecule has 6 heteroatoms. The van der Waals surface area contributed by atoms with E-state index in [0.717, 1.165) is 11.1 Å². The Balaban J connectivity index is 1.54.